The van der Waals surface area contributed by atoms with Gasteiger partial charge in [0.1, 0.15) is 6.04 Å². The fraction of sp³-hybridized carbons (Fsp3) is 0.900. The van der Waals surface area contributed by atoms with E-state index in [-0.39, 0.29) is 18.0 Å². The number of hydrogen-bond acceptors (Lipinski definition) is 4. The summed E-state index contributed by atoms with van der Waals surface area (Å²) in [5.41, 5.74) is 5.81. The molecule has 0 spiro atoms. The maximum absolute atomic E-state index is 11.4. The normalized spacial score (nSPS) is 29.6. The minimum absolute atomic E-state index is 0.203. The van der Waals surface area contributed by atoms with Crippen molar-refractivity contribution >= 4 is 5.97 Å². The molecule has 0 aliphatic carbocycles. The van der Waals surface area contributed by atoms with Gasteiger partial charge in [-0.3, -0.25) is 4.79 Å². The second-order valence-electron chi connectivity index (χ2n) is 3.74. The predicted octanol–water partition coefficient (Wildman–Crippen LogP) is 0.692. The molecule has 0 aromatic rings. The SMILES string of the molecule is CCOC(=O)C(N)C1CCOC(C)C1. The summed E-state index contributed by atoms with van der Waals surface area (Å²) in [7, 11) is 0. The fourth-order valence-corrected chi connectivity index (χ4v) is 1.79. The van der Waals surface area contributed by atoms with E-state index < -0.39 is 6.04 Å². The van der Waals surface area contributed by atoms with Crippen molar-refractivity contribution in [3.8, 4) is 0 Å². The average molecular weight is 201 g/mol. The first kappa shape index (κ1) is 11.5. The molecule has 82 valence electrons. The summed E-state index contributed by atoms with van der Waals surface area (Å²) in [6.45, 7) is 4.88. The van der Waals surface area contributed by atoms with Crippen LogP contribution in [0.25, 0.3) is 0 Å². The molecule has 1 fully saturated rings. The quantitative estimate of drug-likeness (QED) is 0.682. The highest BCUT2D eigenvalue weighted by atomic mass is 16.5. The molecule has 1 aliphatic heterocycles. The Labute approximate surface area is 84.7 Å². The van der Waals surface area contributed by atoms with Gasteiger partial charge in [0.05, 0.1) is 12.7 Å². The standard InChI is InChI=1S/C10H19NO3/c1-3-13-10(12)9(11)8-4-5-14-7(2)6-8/h7-9H,3-6,11H2,1-2H3. The van der Waals surface area contributed by atoms with E-state index in [4.69, 9.17) is 15.2 Å². The minimum atomic E-state index is -0.485. The van der Waals surface area contributed by atoms with Crippen molar-refractivity contribution in [2.45, 2.75) is 38.8 Å². The Morgan fingerprint density at radius 1 is 1.71 bits per heavy atom. The van der Waals surface area contributed by atoms with Gasteiger partial charge in [0.2, 0.25) is 0 Å². The van der Waals surface area contributed by atoms with Gasteiger partial charge in [0, 0.05) is 6.61 Å². The number of nitrogens with two attached hydrogens (primary N) is 1. The van der Waals surface area contributed by atoms with Gasteiger partial charge in [0.25, 0.3) is 0 Å². The summed E-state index contributed by atoms with van der Waals surface area (Å²) >= 11 is 0. The highest BCUT2D eigenvalue weighted by Crippen LogP contribution is 2.22. The summed E-state index contributed by atoms with van der Waals surface area (Å²) in [6.07, 6.45) is 1.90. The van der Waals surface area contributed by atoms with Crippen LogP contribution in [0.5, 0.6) is 0 Å². The molecule has 0 radical (unpaired) electrons. The van der Waals surface area contributed by atoms with E-state index in [0.717, 1.165) is 12.8 Å². The molecule has 0 amide bonds. The van der Waals surface area contributed by atoms with E-state index in [0.29, 0.717) is 13.2 Å². The molecule has 4 heteroatoms. The summed E-state index contributed by atoms with van der Waals surface area (Å²) in [6, 6.07) is -0.485. The monoisotopic (exact) mass is 201 g/mol. The Kier molecular flexibility index (Phi) is 4.35. The molecule has 0 aromatic carbocycles. The Balaban J connectivity index is 2.42. The lowest BCUT2D eigenvalue weighted by Crippen LogP contribution is -2.43. The van der Waals surface area contributed by atoms with Gasteiger partial charge in [-0.25, -0.2) is 0 Å². The van der Waals surface area contributed by atoms with Crippen LogP contribution in [0.2, 0.25) is 0 Å². The molecule has 3 atom stereocenters. The number of esters is 1. The van der Waals surface area contributed by atoms with Gasteiger partial charge in [0.15, 0.2) is 0 Å². The number of ether oxygens (including phenoxy) is 2. The molecule has 0 bridgehead atoms. The lowest BCUT2D eigenvalue weighted by molar-refractivity contribution is -0.147. The van der Waals surface area contributed by atoms with Gasteiger partial charge in [-0.1, -0.05) is 0 Å². The van der Waals surface area contributed by atoms with E-state index in [1.807, 2.05) is 6.92 Å². The topological polar surface area (TPSA) is 61.5 Å². The van der Waals surface area contributed by atoms with E-state index in [1.54, 1.807) is 6.92 Å². The predicted molar refractivity (Wildman–Crippen MR) is 52.7 cm³/mol. The van der Waals surface area contributed by atoms with E-state index in [1.165, 1.54) is 0 Å². The van der Waals surface area contributed by atoms with Crippen LogP contribution in [0.1, 0.15) is 26.7 Å². The van der Waals surface area contributed by atoms with Gasteiger partial charge in [-0.05, 0) is 32.6 Å². The van der Waals surface area contributed by atoms with E-state index in [2.05, 4.69) is 0 Å². The minimum Gasteiger partial charge on any atom is -0.465 e. The van der Waals surface area contributed by atoms with Gasteiger partial charge in [-0.15, -0.1) is 0 Å². The number of hydrogen-bond donors (Lipinski definition) is 1. The third-order valence-electron chi connectivity index (χ3n) is 2.59. The fourth-order valence-electron chi connectivity index (χ4n) is 1.79. The van der Waals surface area contributed by atoms with Crippen LogP contribution in [-0.2, 0) is 14.3 Å². The molecule has 3 unspecified atom stereocenters. The zero-order chi connectivity index (χ0) is 10.6. The van der Waals surface area contributed by atoms with Gasteiger partial charge < -0.3 is 15.2 Å². The average Bonchev–Trinajstić information content (AvgIpc) is 2.17. The van der Waals surface area contributed by atoms with Crippen LogP contribution >= 0.6 is 0 Å². The summed E-state index contributed by atoms with van der Waals surface area (Å²) in [5, 5.41) is 0. The summed E-state index contributed by atoms with van der Waals surface area (Å²) < 4.78 is 10.3. The Morgan fingerprint density at radius 3 is 3.00 bits per heavy atom. The number of carbonyl (C=O) groups is 1. The molecule has 14 heavy (non-hydrogen) atoms. The van der Waals surface area contributed by atoms with Gasteiger partial charge >= 0.3 is 5.97 Å². The highest BCUT2D eigenvalue weighted by molar-refractivity contribution is 5.75. The van der Waals surface area contributed by atoms with Crippen molar-refractivity contribution in [3.05, 3.63) is 0 Å². The second-order valence-corrected chi connectivity index (χ2v) is 3.74. The Morgan fingerprint density at radius 2 is 2.43 bits per heavy atom. The molecule has 0 aromatic heterocycles. The first-order valence-electron chi connectivity index (χ1n) is 5.19. The largest absolute Gasteiger partial charge is 0.465 e. The molecule has 2 N–H and O–H groups in total. The molecule has 0 saturated carbocycles. The Hall–Kier alpha value is -0.610. The third kappa shape index (κ3) is 2.96. The van der Waals surface area contributed by atoms with Crippen molar-refractivity contribution in [1.82, 2.24) is 0 Å². The van der Waals surface area contributed by atoms with Crippen LogP contribution in [0.3, 0.4) is 0 Å². The van der Waals surface area contributed by atoms with Crippen molar-refractivity contribution in [2.75, 3.05) is 13.2 Å². The zero-order valence-corrected chi connectivity index (χ0v) is 8.86. The summed E-state index contributed by atoms with van der Waals surface area (Å²) in [4.78, 5) is 11.4. The number of carbonyl (C=O) groups excluding carboxylic acids is 1. The molecule has 1 rings (SSSR count). The molecule has 1 aliphatic rings. The smallest absolute Gasteiger partial charge is 0.323 e. The Bertz CT molecular complexity index is 196. The maximum Gasteiger partial charge on any atom is 0.323 e. The van der Waals surface area contributed by atoms with E-state index in [9.17, 15) is 4.79 Å². The molecule has 1 saturated heterocycles. The first-order chi connectivity index (χ1) is 6.65. The second kappa shape index (κ2) is 5.32. The summed E-state index contributed by atoms with van der Waals surface area (Å²) in [5.74, 6) is -0.0793. The van der Waals surface area contributed by atoms with Gasteiger partial charge in [-0.2, -0.15) is 0 Å². The van der Waals surface area contributed by atoms with Crippen LogP contribution < -0.4 is 5.73 Å². The van der Waals surface area contributed by atoms with Crippen molar-refractivity contribution in [3.63, 3.8) is 0 Å². The highest BCUT2D eigenvalue weighted by Gasteiger charge is 2.29. The third-order valence-corrected chi connectivity index (χ3v) is 2.59. The van der Waals surface area contributed by atoms with Crippen LogP contribution in [-0.4, -0.2) is 31.3 Å². The van der Waals surface area contributed by atoms with E-state index >= 15 is 0 Å². The zero-order valence-electron chi connectivity index (χ0n) is 8.86. The molecule has 4 nitrogen and oxygen atoms in total. The molecular weight excluding hydrogens is 182 g/mol. The molecule has 1 heterocycles. The van der Waals surface area contributed by atoms with Crippen LogP contribution in [0.4, 0.5) is 0 Å². The number of rotatable bonds is 3. The van der Waals surface area contributed by atoms with Crippen LogP contribution in [0, 0.1) is 5.92 Å². The van der Waals surface area contributed by atoms with Crippen LogP contribution in [0.15, 0.2) is 0 Å². The lowest BCUT2D eigenvalue weighted by atomic mass is 9.89. The van der Waals surface area contributed by atoms with Crippen molar-refractivity contribution in [1.29, 1.82) is 0 Å². The molecular formula is C10H19NO3. The lowest BCUT2D eigenvalue weighted by Gasteiger charge is -2.30. The maximum atomic E-state index is 11.4. The van der Waals surface area contributed by atoms with Crippen molar-refractivity contribution in [2.24, 2.45) is 11.7 Å². The first-order valence-corrected chi connectivity index (χ1v) is 5.19. The van der Waals surface area contributed by atoms with Crippen molar-refractivity contribution < 1.29 is 14.3 Å².